The highest BCUT2D eigenvalue weighted by Gasteiger charge is 2.20. The minimum atomic E-state index is 0.0251. The largest absolute Gasteiger partial charge is 0.497 e. The number of ether oxygens (including phenoxy) is 1. The highest BCUT2D eigenvalue weighted by atomic mass is 32.1. The lowest BCUT2D eigenvalue weighted by Gasteiger charge is -2.33. The van der Waals surface area contributed by atoms with Crippen LogP contribution in [0.25, 0.3) is 17.3 Å². The molecule has 0 unspecified atom stereocenters. The molecule has 0 saturated carbocycles. The van der Waals surface area contributed by atoms with Gasteiger partial charge in [0.15, 0.2) is 0 Å². The lowest BCUT2D eigenvalue weighted by molar-refractivity contribution is -0.127. The maximum absolute atomic E-state index is 12.3. The van der Waals surface area contributed by atoms with E-state index in [1.165, 1.54) is 0 Å². The molecule has 1 aromatic carbocycles. The Kier molecular flexibility index (Phi) is 6.07. The molecule has 0 aliphatic carbocycles. The molecule has 0 spiro atoms. The van der Waals surface area contributed by atoms with Gasteiger partial charge >= 0.3 is 0 Å². The first-order valence-electron chi connectivity index (χ1n) is 9.53. The van der Waals surface area contributed by atoms with Gasteiger partial charge in [-0.2, -0.15) is 0 Å². The summed E-state index contributed by atoms with van der Waals surface area (Å²) >= 11 is 1.68. The van der Waals surface area contributed by atoms with Gasteiger partial charge in [0.2, 0.25) is 5.91 Å². The van der Waals surface area contributed by atoms with E-state index in [0.717, 1.165) is 54.7 Å². The second kappa shape index (κ2) is 9.07. The van der Waals surface area contributed by atoms with Crippen LogP contribution in [0.2, 0.25) is 0 Å². The third kappa shape index (κ3) is 4.93. The van der Waals surface area contributed by atoms with Crippen molar-refractivity contribution in [1.82, 2.24) is 14.8 Å². The molecule has 1 aliphatic heterocycles. The van der Waals surface area contributed by atoms with E-state index in [1.807, 2.05) is 41.3 Å². The van der Waals surface area contributed by atoms with E-state index in [-0.39, 0.29) is 5.91 Å². The van der Waals surface area contributed by atoms with Crippen molar-refractivity contribution in [3.63, 3.8) is 0 Å². The fourth-order valence-corrected chi connectivity index (χ4v) is 4.09. The summed E-state index contributed by atoms with van der Waals surface area (Å²) in [6.45, 7) is 3.94. The van der Waals surface area contributed by atoms with Crippen LogP contribution in [0, 0.1) is 0 Å². The summed E-state index contributed by atoms with van der Waals surface area (Å²) < 4.78 is 10.4. The standard InChI is InChI=1S/C22H23N3O3S/c1-27-18-6-4-17(5-7-18)20-16-29-21(23-20)15-24-10-12-25(13-11-24)22(26)9-8-19-3-2-14-28-19/h2-9,14,16H,10-13,15H2,1H3/b9-8+. The first-order chi connectivity index (χ1) is 14.2. The molecule has 29 heavy (non-hydrogen) atoms. The van der Waals surface area contributed by atoms with Crippen molar-refractivity contribution in [3.8, 4) is 17.0 Å². The molecule has 0 N–H and O–H groups in total. The maximum Gasteiger partial charge on any atom is 0.246 e. The zero-order chi connectivity index (χ0) is 20.1. The summed E-state index contributed by atoms with van der Waals surface area (Å²) in [4.78, 5) is 21.3. The van der Waals surface area contributed by atoms with Gasteiger partial charge in [-0.15, -0.1) is 11.3 Å². The number of piperazine rings is 1. The molecule has 1 fully saturated rings. The number of carbonyl (C=O) groups excluding carboxylic acids is 1. The normalized spacial score (nSPS) is 15.1. The number of hydrogen-bond acceptors (Lipinski definition) is 6. The number of aromatic nitrogens is 1. The van der Waals surface area contributed by atoms with Gasteiger partial charge in [-0.25, -0.2) is 4.98 Å². The van der Waals surface area contributed by atoms with Gasteiger partial charge in [0, 0.05) is 43.2 Å². The molecule has 1 saturated heterocycles. The van der Waals surface area contributed by atoms with E-state index in [0.29, 0.717) is 5.76 Å². The Bertz CT molecular complexity index is 956. The van der Waals surface area contributed by atoms with Crippen LogP contribution >= 0.6 is 11.3 Å². The van der Waals surface area contributed by atoms with Crippen LogP contribution in [0.4, 0.5) is 0 Å². The van der Waals surface area contributed by atoms with Crippen LogP contribution in [0.1, 0.15) is 10.8 Å². The summed E-state index contributed by atoms with van der Waals surface area (Å²) in [5.41, 5.74) is 2.08. The van der Waals surface area contributed by atoms with Gasteiger partial charge in [-0.1, -0.05) is 0 Å². The second-order valence-corrected chi connectivity index (χ2v) is 7.75. The first kappa shape index (κ1) is 19.4. The molecule has 0 radical (unpaired) electrons. The van der Waals surface area contributed by atoms with Crippen LogP contribution in [-0.2, 0) is 11.3 Å². The summed E-state index contributed by atoms with van der Waals surface area (Å²) in [5.74, 6) is 1.56. The van der Waals surface area contributed by atoms with Crippen LogP contribution in [0.15, 0.2) is 58.5 Å². The number of methoxy groups -OCH3 is 1. The van der Waals surface area contributed by atoms with Crippen molar-refractivity contribution in [2.45, 2.75) is 6.54 Å². The Labute approximate surface area is 174 Å². The van der Waals surface area contributed by atoms with Gasteiger partial charge in [-0.3, -0.25) is 9.69 Å². The van der Waals surface area contributed by atoms with Crippen molar-refractivity contribution in [3.05, 3.63) is 64.9 Å². The van der Waals surface area contributed by atoms with E-state index >= 15 is 0 Å². The van der Waals surface area contributed by atoms with Crippen molar-refractivity contribution in [2.24, 2.45) is 0 Å². The molecule has 1 aliphatic rings. The van der Waals surface area contributed by atoms with Gasteiger partial charge in [0.05, 0.1) is 25.6 Å². The van der Waals surface area contributed by atoms with Crippen molar-refractivity contribution in [2.75, 3.05) is 33.3 Å². The van der Waals surface area contributed by atoms with E-state index in [9.17, 15) is 4.79 Å². The molecule has 1 amide bonds. The zero-order valence-corrected chi connectivity index (χ0v) is 17.1. The second-order valence-electron chi connectivity index (χ2n) is 6.81. The fourth-order valence-electron chi connectivity index (χ4n) is 3.24. The van der Waals surface area contributed by atoms with Gasteiger partial charge in [0.1, 0.15) is 16.5 Å². The summed E-state index contributed by atoms with van der Waals surface area (Å²) in [6, 6.07) is 11.6. The number of rotatable bonds is 6. The molecule has 3 aromatic rings. The SMILES string of the molecule is COc1ccc(-c2csc(CN3CCN(C(=O)/C=C/c4ccco4)CC3)n2)cc1. The Morgan fingerprint density at radius 2 is 2.00 bits per heavy atom. The van der Waals surface area contributed by atoms with Crippen LogP contribution < -0.4 is 4.74 Å². The quantitative estimate of drug-likeness (QED) is 0.580. The predicted octanol–water partition coefficient (Wildman–Crippen LogP) is 3.77. The van der Waals surface area contributed by atoms with E-state index in [4.69, 9.17) is 14.1 Å². The average Bonchev–Trinajstić information content (AvgIpc) is 3.45. The molecular weight excluding hydrogens is 386 g/mol. The number of hydrogen-bond donors (Lipinski definition) is 0. The summed E-state index contributed by atoms with van der Waals surface area (Å²) in [6.07, 6.45) is 4.89. The molecule has 3 heterocycles. The molecule has 6 nitrogen and oxygen atoms in total. The zero-order valence-electron chi connectivity index (χ0n) is 16.3. The Morgan fingerprint density at radius 1 is 1.21 bits per heavy atom. The molecule has 4 rings (SSSR count). The Morgan fingerprint density at radius 3 is 2.69 bits per heavy atom. The Hall–Kier alpha value is -2.90. The summed E-state index contributed by atoms with van der Waals surface area (Å²) in [7, 11) is 1.67. The van der Waals surface area contributed by atoms with Gasteiger partial charge in [-0.05, 0) is 42.5 Å². The van der Waals surface area contributed by atoms with Gasteiger partial charge in [0.25, 0.3) is 0 Å². The van der Waals surface area contributed by atoms with E-state index in [2.05, 4.69) is 10.3 Å². The smallest absolute Gasteiger partial charge is 0.246 e. The summed E-state index contributed by atoms with van der Waals surface area (Å²) in [5, 5.41) is 3.18. The third-order valence-electron chi connectivity index (χ3n) is 4.91. The van der Waals surface area contributed by atoms with E-state index < -0.39 is 0 Å². The van der Waals surface area contributed by atoms with Crippen molar-refractivity contribution >= 4 is 23.3 Å². The fraction of sp³-hybridized carbons (Fsp3) is 0.273. The minimum Gasteiger partial charge on any atom is -0.497 e. The average molecular weight is 410 g/mol. The number of benzene rings is 1. The third-order valence-corrected chi connectivity index (χ3v) is 5.75. The lowest BCUT2D eigenvalue weighted by atomic mass is 10.2. The number of carbonyl (C=O) groups is 1. The minimum absolute atomic E-state index is 0.0251. The van der Waals surface area contributed by atoms with Gasteiger partial charge < -0.3 is 14.1 Å². The highest BCUT2D eigenvalue weighted by molar-refractivity contribution is 7.09. The van der Waals surface area contributed by atoms with Crippen LogP contribution in [0.3, 0.4) is 0 Å². The number of thiazole rings is 1. The van der Waals surface area contributed by atoms with Crippen LogP contribution in [-0.4, -0.2) is 54.0 Å². The Balaban J connectivity index is 1.28. The lowest BCUT2D eigenvalue weighted by Crippen LogP contribution is -2.47. The molecule has 150 valence electrons. The molecule has 0 bridgehead atoms. The highest BCUT2D eigenvalue weighted by Crippen LogP contribution is 2.25. The molecule has 2 aromatic heterocycles. The van der Waals surface area contributed by atoms with E-state index in [1.54, 1.807) is 36.9 Å². The van der Waals surface area contributed by atoms with Crippen LogP contribution in [0.5, 0.6) is 5.75 Å². The molecule has 0 atom stereocenters. The van der Waals surface area contributed by atoms with Crippen molar-refractivity contribution < 1.29 is 13.9 Å². The number of furan rings is 1. The molecule has 7 heteroatoms. The molecular formula is C22H23N3O3S. The first-order valence-corrected chi connectivity index (χ1v) is 10.4. The monoisotopic (exact) mass is 409 g/mol. The maximum atomic E-state index is 12.3. The topological polar surface area (TPSA) is 58.8 Å². The number of nitrogens with zero attached hydrogens (tertiary/aromatic N) is 3. The predicted molar refractivity (Wildman–Crippen MR) is 114 cm³/mol. The van der Waals surface area contributed by atoms with Crippen molar-refractivity contribution in [1.29, 1.82) is 0 Å². The number of amides is 1.